The number of ether oxygens (including phenoxy) is 2. The molecule has 0 unspecified atom stereocenters. The van der Waals surface area contributed by atoms with Gasteiger partial charge in [-0.15, -0.1) is 15.3 Å². The van der Waals surface area contributed by atoms with Gasteiger partial charge in [-0.2, -0.15) is 4.52 Å². The van der Waals surface area contributed by atoms with Crippen LogP contribution in [-0.2, 0) is 9.59 Å². The molecule has 2 aromatic carbocycles. The molecule has 0 saturated heterocycles. The summed E-state index contributed by atoms with van der Waals surface area (Å²) in [6.07, 6.45) is 0. The summed E-state index contributed by atoms with van der Waals surface area (Å²) >= 11 is 6.27. The highest BCUT2D eigenvalue weighted by molar-refractivity contribution is 6.33. The van der Waals surface area contributed by atoms with Crippen molar-refractivity contribution in [1.82, 2.24) is 25.1 Å². The summed E-state index contributed by atoms with van der Waals surface area (Å²) in [7, 11) is 0. The molecular formula is C23H21ClN6O4. The second-order valence-corrected chi connectivity index (χ2v) is 7.54. The fraction of sp³-hybridized carbons (Fsp3) is 0.174. The largest absolute Gasteiger partial charge is 0.484 e. The summed E-state index contributed by atoms with van der Waals surface area (Å²) < 4.78 is 12.6. The van der Waals surface area contributed by atoms with Crippen molar-refractivity contribution in [1.29, 1.82) is 0 Å². The van der Waals surface area contributed by atoms with E-state index in [0.29, 0.717) is 39.4 Å². The molecule has 0 atom stereocenters. The molecule has 2 N–H and O–H groups in total. The Morgan fingerprint density at radius 1 is 1.00 bits per heavy atom. The minimum Gasteiger partial charge on any atom is -0.484 e. The standard InChI is InChI=1S/C23H21ClN6O4/c1-15(31)26-16-6-8-17(9-7-16)34-14-21(32)25-12-13-33-22-11-10-20-27-28-23(30(20)29-22)18-4-2-3-5-19(18)24/h2-11H,12-14H2,1H3,(H,25,32)(H,26,31). The normalized spacial score (nSPS) is 10.6. The van der Waals surface area contributed by atoms with Gasteiger partial charge in [-0.05, 0) is 42.5 Å². The maximum Gasteiger partial charge on any atom is 0.258 e. The fourth-order valence-electron chi connectivity index (χ4n) is 3.04. The van der Waals surface area contributed by atoms with Crippen LogP contribution in [0.1, 0.15) is 6.92 Å². The second-order valence-electron chi connectivity index (χ2n) is 7.14. The van der Waals surface area contributed by atoms with Crippen molar-refractivity contribution in [3.05, 3.63) is 65.7 Å². The maximum atomic E-state index is 12.0. The van der Waals surface area contributed by atoms with Gasteiger partial charge in [-0.25, -0.2) is 0 Å². The summed E-state index contributed by atoms with van der Waals surface area (Å²) in [4.78, 5) is 23.1. The molecule has 34 heavy (non-hydrogen) atoms. The van der Waals surface area contributed by atoms with Crippen molar-refractivity contribution in [2.45, 2.75) is 6.92 Å². The number of hydrogen-bond donors (Lipinski definition) is 2. The van der Waals surface area contributed by atoms with Crippen LogP contribution in [0.4, 0.5) is 5.69 Å². The SMILES string of the molecule is CC(=O)Nc1ccc(OCC(=O)NCCOc2ccc3nnc(-c4ccccc4Cl)n3n2)cc1. The molecule has 0 aliphatic heterocycles. The van der Waals surface area contributed by atoms with E-state index >= 15 is 0 Å². The zero-order chi connectivity index (χ0) is 23.9. The van der Waals surface area contributed by atoms with Crippen LogP contribution < -0.4 is 20.1 Å². The van der Waals surface area contributed by atoms with Gasteiger partial charge in [0.2, 0.25) is 11.8 Å². The molecule has 2 heterocycles. The lowest BCUT2D eigenvalue weighted by molar-refractivity contribution is -0.123. The average molecular weight is 481 g/mol. The molecule has 2 amide bonds. The monoisotopic (exact) mass is 480 g/mol. The molecule has 2 aromatic heterocycles. The number of benzene rings is 2. The van der Waals surface area contributed by atoms with Crippen molar-refractivity contribution in [2.24, 2.45) is 0 Å². The van der Waals surface area contributed by atoms with Crippen LogP contribution in [0, 0.1) is 0 Å². The number of nitrogens with one attached hydrogen (secondary N) is 2. The lowest BCUT2D eigenvalue weighted by Gasteiger charge is -2.09. The fourth-order valence-corrected chi connectivity index (χ4v) is 3.26. The van der Waals surface area contributed by atoms with Gasteiger partial charge < -0.3 is 20.1 Å². The molecule has 4 rings (SSSR count). The van der Waals surface area contributed by atoms with Crippen molar-refractivity contribution < 1.29 is 19.1 Å². The highest BCUT2D eigenvalue weighted by Crippen LogP contribution is 2.26. The maximum absolute atomic E-state index is 12.0. The van der Waals surface area contributed by atoms with Gasteiger partial charge in [-0.1, -0.05) is 23.7 Å². The van der Waals surface area contributed by atoms with Gasteiger partial charge in [0.15, 0.2) is 18.1 Å². The van der Waals surface area contributed by atoms with Crippen LogP contribution in [0.5, 0.6) is 11.6 Å². The van der Waals surface area contributed by atoms with Crippen LogP contribution in [0.2, 0.25) is 5.02 Å². The van der Waals surface area contributed by atoms with E-state index in [4.69, 9.17) is 21.1 Å². The Kier molecular flexibility index (Phi) is 7.19. The summed E-state index contributed by atoms with van der Waals surface area (Å²) in [5.41, 5.74) is 1.91. The zero-order valence-corrected chi connectivity index (χ0v) is 19.0. The van der Waals surface area contributed by atoms with E-state index in [1.165, 1.54) is 6.92 Å². The Morgan fingerprint density at radius 3 is 2.56 bits per heavy atom. The molecule has 174 valence electrons. The molecule has 0 spiro atoms. The van der Waals surface area contributed by atoms with Crippen LogP contribution >= 0.6 is 11.6 Å². The number of carbonyl (C=O) groups is 2. The molecule has 0 saturated carbocycles. The molecule has 0 bridgehead atoms. The first-order valence-corrected chi connectivity index (χ1v) is 10.7. The van der Waals surface area contributed by atoms with E-state index in [1.54, 1.807) is 47.0 Å². The number of halogens is 1. The van der Waals surface area contributed by atoms with Gasteiger partial charge in [0.1, 0.15) is 12.4 Å². The lowest BCUT2D eigenvalue weighted by atomic mass is 10.2. The lowest BCUT2D eigenvalue weighted by Crippen LogP contribution is -2.32. The summed E-state index contributed by atoms with van der Waals surface area (Å²) in [6.45, 7) is 1.76. The Balaban J connectivity index is 1.25. The van der Waals surface area contributed by atoms with Crippen LogP contribution in [0.15, 0.2) is 60.7 Å². The van der Waals surface area contributed by atoms with Crippen LogP contribution in [0.25, 0.3) is 17.0 Å². The predicted molar refractivity (Wildman–Crippen MR) is 126 cm³/mol. The van der Waals surface area contributed by atoms with Gasteiger partial charge in [-0.3, -0.25) is 9.59 Å². The first kappa shape index (κ1) is 23.0. The van der Waals surface area contributed by atoms with Crippen molar-refractivity contribution in [3.63, 3.8) is 0 Å². The number of carbonyl (C=O) groups excluding carboxylic acids is 2. The highest BCUT2D eigenvalue weighted by atomic mass is 35.5. The number of amides is 2. The number of hydrogen-bond acceptors (Lipinski definition) is 7. The van der Waals surface area contributed by atoms with Crippen molar-refractivity contribution in [3.8, 4) is 23.0 Å². The molecule has 4 aromatic rings. The molecule has 0 aliphatic carbocycles. The third kappa shape index (κ3) is 5.78. The Hall–Kier alpha value is -4.18. The minimum atomic E-state index is -0.294. The molecule has 0 radical (unpaired) electrons. The van der Waals surface area contributed by atoms with E-state index in [0.717, 1.165) is 0 Å². The Bertz CT molecular complexity index is 1310. The molecule has 0 fully saturated rings. The molecule has 10 nitrogen and oxygen atoms in total. The van der Waals surface area contributed by atoms with Crippen molar-refractivity contribution >= 4 is 34.7 Å². The summed E-state index contributed by atoms with van der Waals surface area (Å²) in [6, 6.07) is 17.4. The summed E-state index contributed by atoms with van der Waals surface area (Å²) in [5.74, 6) is 0.916. The third-order valence-electron chi connectivity index (χ3n) is 4.57. The van der Waals surface area contributed by atoms with Gasteiger partial charge in [0.25, 0.3) is 5.91 Å². The number of rotatable bonds is 9. The average Bonchev–Trinajstić information content (AvgIpc) is 3.24. The van der Waals surface area contributed by atoms with E-state index in [1.807, 2.05) is 18.2 Å². The van der Waals surface area contributed by atoms with E-state index in [2.05, 4.69) is 25.9 Å². The quantitative estimate of drug-likeness (QED) is 0.353. The third-order valence-corrected chi connectivity index (χ3v) is 4.90. The van der Waals surface area contributed by atoms with Gasteiger partial charge in [0.05, 0.1) is 11.6 Å². The smallest absolute Gasteiger partial charge is 0.258 e. The van der Waals surface area contributed by atoms with Gasteiger partial charge in [0, 0.05) is 24.2 Å². The Labute approximate surface area is 199 Å². The molecule has 0 aliphatic rings. The predicted octanol–water partition coefficient (Wildman–Crippen LogP) is 2.98. The first-order chi connectivity index (χ1) is 16.5. The van der Waals surface area contributed by atoms with E-state index in [-0.39, 0.29) is 31.6 Å². The summed E-state index contributed by atoms with van der Waals surface area (Å²) in [5, 5.41) is 18.6. The number of aromatic nitrogens is 4. The van der Waals surface area contributed by atoms with Crippen molar-refractivity contribution in [2.75, 3.05) is 25.1 Å². The Morgan fingerprint density at radius 2 is 1.79 bits per heavy atom. The van der Waals surface area contributed by atoms with Crippen LogP contribution in [0.3, 0.4) is 0 Å². The number of fused-ring (bicyclic) bond motifs is 1. The van der Waals surface area contributed by atoms with Gasteiger partial charge >= 0.3 is 0 Å². The number of anilines is 1. The molecule has 11 heteroatoms. The van der Waals surface area contributed by atoms with E-state index < -0.39 is 0 Å². The van der Waals surface area contributed by atoms with Crippen LogP contribution in [-0.4, -0.2) is 51.4 Å². The zero-order valence-electron chi connectivity index (χ0n) is 18.2. The second kappa shape index (κ2) is 10.6. The minimum absolute atomic E-state index is 0.147. The number of nitrogens with zero attached hydrogens (tertiary/aromatic N) is 4. The van der Waals surface area contributed by atoms with E-state index in [9.17, 15) is 9.59 Å². The topological polar surface area (TPSA) is 120 Å². The first-order valence-electron chi connectivity index (χ1n) is 10.4. The highest BCUT2D eigenvalue weighted by Gasteiger charge is 2.13. The molecular weight excluding hydrogens is 460 g/mol.